The molecule has 3 aromatic rings. The second kappa shape index (κ2) is 13.5. The number of hydrogen-bond acceptors (Lipinski definition) is 6. The molecule has 1 aliphatic heterocycles. The highest BCUT2D eigenvalue weighted by Gasteiger charge is 2.55. The lowest BCUT2D eigenvalue weighted by Crippen LogP contribution is -2.33. The number of halogens is 1. The molecule has 0 unspecified atom stereocenters. The molecule has 5 rings (SSSR count). The molecule has 6 nitrogen and oxygen atoms in total. The highest BCUT2D eigenvalue weighted by Crippen LogP contribution is 2.45. The van der Waals surface area contributed by atoms with Crippen molar-refractivity contribution in [3.05, 3.63) is 94.5 Å². The van der Waals surface area contributed by atoms with Crippen LogP contribution >= 0.6 is 11.6 Å². The zero-order valence-electron chi connectivity index (χ0n) is 25.1. The summed E-state index contributed by atoms with van der Waals surface area (Å²) in [5, 5.41) is 4.47. The molecule has 1 aliphatic carbocycles. The van der Waals surface area contributed by atoms with E-state index in [1.807, 2.05) is 60.7 Å². The number of carbonyl (C=O) groups excluding carboxylic acids is 1. The molecule has 2 aliphatic rings. The van der Waals surface area contributed by atoms with Crippen LogP contribution in [0.3, 0.4) is 0 Å². The minimum absolute atomic E-state index is 0.0523. The molecular weight excluding hydrogens is 548 g/mol. The van der Waals surface area contributed by atoms with Gasteiger partial charge in [-0.05, 0) is 77.3 Å². The van der Waals surface area contributed by atoms with Gasteiger partial charge in [0.05, 0.1) is 6.61 Å². The Hall–Kier alpha value is -3.06. The van der Waals surface area contributed by atoms with E-state index in [9.17, 15) is 4.79 Å². The van der Waals surface area contributed by atoms with Crippen molar-refractivity contribution in [2.24, 2.45) is 11.8 Å². The van der Waals surface area contributed by atoms with Crippen molar-refractivity contribution >= 4 is 17.6 Å². The Morgan fingerprint density at radius 2 is 1.55 bits per heavy atom. The molecule has 1 heterocycles. The van der Waals surface area contributed by atoms with Crippen LogP contribution < -0.4 is 14.8 Å². The van der Waals surface area contributed by atoms with Gasteiger partial charge in [0.15, 0.2) is 6.10 Å². The summed E-state index contributed by atoms with van der Waals surface area (Å²) in [6.45, 7) is 13.4. The number of ether oxygens (including phenoxy) is 3. The van der Waals surface area contributed by atoms with Gasteiger partial charge in [-0.15, -0.1) is 0 Å². The Bertz CT molecular complexity index is 1290. The fourth-order valence-corrected chi connectivity index (χ4v) is 5.96. The monoisotopic (exact) mass is 590 g/mol. The number of carbonyl (C=O) groups is 1. The normalized spacial score (nSPS) is 20.5. The first-order chi connectivity index (χ1) is 20.2. The molecule has 0 aromatic heterocycles. The Morgan fingerprint density at radius 3 is 2.17 bits per heavy atom. The minimum atomic E-state index is -0.721. The van der Waals surface area contributed by atoms with E-state index in [1.165, 1.54) is 11.1 Å². The first kappa shape index (κ1) is 30.4. The van der Waals surface area contributed by atoms with Crippen LogP contribution in [0.1, 0.15) is 44.4 Å². The number of likely N-dealkylation sites (tertiary alicyclic amines) is 1. The third kappa shape index (κ3) is 8.06. The number of esters is 1. The zero-order valence-corrected chi connectivity index (χ0v) is 25.9. The Labute approximate surface area is 255 Å². The summed E-state index contributed by atoms with van der Waals surface area (Å²) in [5.41, 5.74) is 3.57. The SMILES string of the molecule is CCOC(=O)[C@H](Cc1ccc(OCCN[C@H]2[C@@H]3CN(Cc4ccc(Cl)cc4)C[C@@H]32)cc1)Oc1ccc(C(C)(C)C)cc1. The number of piperidine rings is 1. The maximum Gasteiger partial charge on any atom is 0.347 e. The molecular formula is C35H43ClN2O4. The van der Waals surface area contributed by atoms with E-state index in [0.29, 0.717) is 31.4 Å². The van der Waals surface area contributed by atoms with Gasteiger partial charge >= 0.3 is 5.97 Å². The second-order valence-corrected chi connectivity index (χ2v) is 12.9. The highest BCUT2D eigenvalue weighted by molar-refractivity contribution is 6.30. The van der Waals surface area contributed by atoms with E-state index in [4.69, 9.17) is 25.8 Å². The fourth-order valence-electron chi connectivity index (χ4n) is 5.83. The van der Waals surface area contributed by atoms with Gasteiger partial charge in [0, 0.05) is 43.7 Å². The maximum atomic E-state index is 12.7. The molecule has 0 radical (unpaired) electrons. The van der Waals surface area contributed by atoms with Crippen LogP contribution in [-0.4, -0.2) is 55.9 Å². The summed E-state index contributed by atoms with van der Waals surface area (Å²) in [5.74, 6) is 2.59. The number of fused-ring (bicyclic) bond motifs is 1. The van der Waals surface area contributed by atoms with E-state index in [0.717, 1.165) is 54.4 Å². The topological polar surface area (TPSA) is 60.0 Å². The summed E-state index contributed by atoms with van der Waals surface area (Å²) in [7, 11) is 0. The summed E-state index contributed by atoms with van der Waals surface area (Å²) < 4.78 is 17.4. The average molecular weight is 591 g/mol. The summed E-state index contributed by atoms with van der Waals surface area (Å²) in [6, 6.07) is 24.6. The predicted octanol–water partition coefficient (Wildman–Crippen LogP) is 6.29. The number of hydrogen-bond donors (Lipinski definition) is 1. The van der Waals surface area contributed by atoms with Gasteiger partial charge in [-0.3, -0.25) is 4.90 Å². The Kier molecular flexibility index (Phi) is 9.77. The van der Waals surface area contributed by atoms with Crippen molar-refractivity contribution in [1.82, 2.24) is 10.2 Å². The second-order valence-electron chi connectivity index (χ2n) is 12.5. The maximum absolute atomic E-state index is 12.7. The third-order valence-corrected chi connectivity index (χ3v) is 8.48. The van der Waals surface area contributed by atoms with Crippen molar-refractivity contribution in [3.63, 3.8) is 0 Å². The first-order valence-electron chi connectivity index (χ1n) is 15.1. The van der Waals surface area contributed by atoms with Crippen molar-refractivity contribution in [2.45, 2.75) is 58.2 Å². The van der Waals surface area contributed by atoms with Crippen molar-refractivity contribution in [1.29, 1.82) is 0 Å². The van der Waals surface area contributed by atoms with Crippen LogP contribution in [0.15, 0.2) is 72.8 Å². The molecule has 0 amide bonds. The van der Waals surface area contributed by atoms with E-state index in [-0.39, 0.29) is 11.4 Å². The van der Waals surface area contributed by atoms with Crippen LogP contribution in [-0.2, 0) is 27.9 Å². The van der Waals surface area contributed by atoms with E-state index in [1.54, 1.807) is 6.92 Å². The van der Waals surface area contributed by atoms with Gasteiger partial charge in [-0.1, -0.05) is 68.8 Å². The Morgan fingerprint density at radius 1 is 0.929 bits per heavy atom. The number of nitrogens with zero attached hydrogens (tertiary/aromatic N) is 1. The lowest BCUT2D eigenvalue weighted by Gasteiger charge is -2.21. The third-order valence-electron chi connectivity index (χ3n) is 8.23. The average Bonchev–Trinajstić information content (AvgIpc) is 3.42. The van der Waals surface area contributed by atoms with Gasteiger partial charge in [-0.25, -0.2) is 4.79 Å². The molecule has 1 saturated heterocycles. The molecule has 1 saturated carbocycles. The predicted molar refractivity (Wildman–Crippen MR) is 167 cm³/mol. The largest absolute Gasteiger partial charge is 0.492 e. The van der Waals surface area contributed by atoms with Crippen LogP contribution in [0.5, 0.6) is 11.5 Å². The highest BCUT2D eigenvalue weighted by atomic mass is 35.5. The van der Waals surface area contributed by atoms with Gasteiger partial charge in [0.1, 0.15) is 18.1 Å². The van der Waals surface area contributed by atoms with Crippen molar-refractivity contribution < 1.29 is 19.0 Å². The molecule has 0 spiro atoms. The molecule has 4 atom stereocenters. The van der Waals surface area contributed by atoms with Gasteiger partial charge < -0.3 is 19.5 Å². The number of nitrogens with one attached hydrogen (secondary N) is 1. The standard InChI is InChI=1S/C35H43ClN2O4/c1-5-40-34(39)32(42-29-16-10-26(11-17-29)35(2,3)4)20-24-8-14-28(15-9-24)41-19-18-37-33-30-22-38(23-31(30)33)21-25-6-12-27(36)13-7-25/h6-17,30-33,37H,5,18-23H2,1-4H3/t30-,31+,32-,33+/m0/s1. The molecule has 42 heavy (non-hydrogen) atoms. The minimum Gasteiger partial charge on any atom is -0.492 e. The van der Waals surface area contributed by atoms with Crippen LogP contribution in [0, 0.1) is 11.8 Å². The smallest absolute Gasteiger partial charge is 0.347 e. The summed E-state index contributed by atoms with van der Waals surface area (Å²) in [4.78, 5) is 15.2. The quantitative estimate of drug-likeness (QED) is 0.186. The molecule has 224 valence electrons. The molecule has 3 aromatic carbocycles. The number of rotatable bonds is 13. The molecule has 2 fully saturated rings. The van der Waals surface area contributed by atoms with Crippen LogP contribution in [0.25, 0.3) is 0 Å². The Balaban J connectivity index is 1.04. The van der Waals surface area contributed by atoms with E-state index >= 15 is 0 Å². The lowest BCUT2D eigenvalue weighted by molar-refractivity contribution is -0.151. The molecule has 1 N–H and O–H groups in total. The summed E-state index contributed by atoms with van der Waals surface area (Å²) in [6.07, 6.45) is -0.303. The van der Waals surface area contributed by atoms with E-state index in [2.05, 4.69) is 43.1 Å². The summed E-state index contributed by atoms with van der Waals surface area (Å²) >= 11 is 6.01. The van der Waals surface area contributed by atoms with E-state index < -0.39 is 6.10 Å². The zero-order chi connectivity index (χ0) is 29.7. The van der Waals surface area contributed by atoms with Crippen molar-refractivity contribution in [3.8, 4) is 11.5 Å². The molecule has 0 bridgehead atoms. The van der Waals surface area contributed by atoms with Gasteiger partial charge in [0.25, 0.3) is 0 Å². The number of benzene rings is 3. The first-order valence-corrected chi connectivity index (χ1v) is 15.4. The van der Waals surface area contributed by atoms with Gasteiger partial charge in [-0.2, -0.15) is 0 Å². The van der Waals surface area contributed by atoms with Crippen LogP contribution in [0.4, 0.5) is 0 Å². The lowest BCUT2D eigenvalue weighted by atomic mass is 9.87. The van der Waals surface area contributed by atoms with Crippen molar-refractivity contribution in [2.75, 3.05) is 32.8 Å². The van der Waals surface area contributed by atoms with Crippen LogP contribution in [0.2, 0.25) is 5.02 Å². The molecule has 7 heteroatoms. The fraction of sp³-hybridized carbons (Fsp3) is 0.457. The van der Waals surface area contributed by atoms with Gasteiger partial charge in [0.2, 0.25) is 0 Å².